The summed E-state index contributed by atoms with van der Waals surface area (Å²) in [4.78, 5) is 10.6. The van der Waals surface area contributed by atoms with Gasteiger partial charge in [-0.25, -0.2) is 4.39 Å². The second-order valence-electron chi connectivity index (χ2n) is 3.66. The molecule has 1 unspecified atom stereocenters. The number of aliphatic carboxylic acids is 1. The first kappa shape index (κ1) is 12.9. The first-order chi connectivity index (χ1) is 7.45. The SMILES string of the molecule is Cc1cc(C(CN)CC(=O)O)cc(Cl)c1F. The number of nitrogens with two attached hydrogens (primary N) is 1. The van der Waals surface area contributed by atoms with Gasteiger partial charge in [0.2, 0.25) is 0 Å². The largest absolute Gasteiger partial charge is 0.481 e. The van der Waals surface area contributed by atoms with Crippen LogP contribution in [0.4, 0.5) is 4.39 Å². The van der Waals surface area contributed by atoms with E-state index >= 15 is 0 Å². The highest BCUT2D eigenvalue weighted by molar-refractivity contribution is 6.30. The highest BCUT2D eigenvalue weighted by Crippen LogP contribution is 2.26. The number of hydrogen-bond acceptors (Lipinski definition) is 2. The second kappa shape index (κ2) is 5.27. The van der Waals surface area contributed by atoms with Crippen LogP contribution in [-0.2, 0) is 4.79 Å². The van der Waals surface area contributed by atoms with Crippen LogP contribution in [0, 0.1) is 12.7 Å². The topological polar surface area (TPSA) is 63.3 Å². The number of halogens is 2. The van der Waals surface area contributed by atoms with Gasteiger partial charge in [-0.15, -0.1) is 0 Å². The van der Waals surface area contributed by atoms with Crippen molar-refractivity contribution < 1.29 is 14.3 Å². The molecule has 1 rings (SSSR count). The fraction of sp³-hybridized carbons (Fsp3) is 0.364. The van der Waals surface area contributed by atoms with Gasteiger partial charge in [-0.1, -0.05) is 17.7 Å². The van der Waals surface area contributed by atoms with Crippen LogP contribution in [-0.4, -0.2) is 17.6 Å². The van der Waals surface area contributed by atoms with Gasteiger partial charge in [-0.3, -0.25) is 4.79 Å². The Morgan fingerprint density at radius 3 is 2.69 bits per heavy atom. The lowest BCUT2D eigenvalue weighted by Gasteiger charge is -2.14. The van der Waals surface area contributed by atoms with Crippen LogP contribution >= 0.6 is 11.6 Å². The fourth-order valence-corrected chi connectivity index (χ4v) is 1.81. The van der Waals surface area contributed by atoms with Gasteiger partial charge in [0.1, 0.15) is 5.82 Å². The number of aryl methyl sites for hydroxylation is 1. The van der Waals surface area contributed by atoms with Crippen LogP contribution in [0.25, 0.3) is 0 Å². The summed E-state index contributed by atoms with van der Waals surface area (Å²) in [5.74, 6) is -1.75. The maximum atomic E-state index is 13.3. The third-order valence-electron chi connectivity index (χ3n) is 2.41. The van der Waals surface area contributed by atoms with E-state index in [1.807, 2.05) is 0 Å². The lowest BCUT2D eigenvalue weighted by molar-refractivity contribution is -0.137. The zero-order chi connectivity index (χ0) is 12.3. The van der Waals surface area contributed by atoms with Gasteiger partial charge in [-0.2, -0.15) is 0 Å². The van der Waals surface area contributed by atoms with E-state index in [0.29, 0.717) is 11.1 Å². The average molecular weight is 246 g/mol. The van der Waals surface area contributed by atoms with Crippen LogP contribution < -0.4 is 5.73 Å². The number of carboxylic acids is 1. The van der Waals surface area contributed by atoms with Gasteiger partial charge in [-0.05, 0) is 30.7 Å². The molecule has 1 aromatic carbocycles. The quantitative estimate of drug-likeness (QED) is 0.856. The molecule has 0 saturated carbocycles. The van der Waals surface area contributed by atoms with Crippen LogP contribution in [0.15, 0.2) is 12.1 Å². The molecule has 0 fully saturated rings. The Morgan fingerprint density at radius 2 is 2.25 bits per heavy atom. The van der Waals surface area contributed by atoms with E-state index in [-0.39, 0.29) is 23.9 Å². The van der Waals surface area contributed by atoms with Crippen LogP contribution in [0.5, 0.6) is 0 Å². The van der Waals surface area contributed by atoms with Gasteiger partial charge in [0, 0.05) is 5.92 Å². The molecule has 0 aliphatic heterocycles. The Bertz CT molecular complexity index is 386. The van der Waals surface area contributed by atoms with E-state index in [4.69, 9.17) is 22.4 Å². The van der Waals surface area contributed by atoms with Crippen molar-refractivity contribution >= 4 is 17.6 Å². The summed E-state index contributed by atoms with van der Waals surface area (Å²) in [6.07, 6.45) is -0.0854. The molecule has 0 amide bonds. The zero-order valence-electron chi connectivity index (χ0n) is 8.84. The van der Waals surface area contributed by atoms with Crippen molar-refractivity contribution in [2.24, 2.45) is 5.73 Å². The van der Waals surface area contributed by atoms with Gasteiger partial charge < -0.3 is 10.8 Å². The monoisotopic (exact) mass is 245 g/mol. The van der Waals surface area contributed by atoms with Gasteiger partial charge in [0.15, 0.2) is 0 Å². The summed E-state index contributed by atoms with van der Waals surface area (Å²) in [5.41, 5.74) is 6.55. The van der Waals surface area contributed by atoms with Crippen LogP contribution in [0.3, 0.4) is 0 Å². The van der Waals surface area contributed by atoms with E-state index in [0.717, 1.165) is 0 Å². The molecule has 88 valence electrons. The molecule has 5 heteroatoms. The molecule has 16 heavy (non-hydrogen) atoms. The van der Waals surface area contributed by atoms with Crippen molar-refractivity contribution in [3.63, 3.8) is 0 Å². The minimum atomic E-state index is -0.937. The summed E-state index contributed by atoms with van der Waals surface area (Å²) in [7, 11) is 0. The fourth-order valence-electron chi connectivity index (χ4n) is 1.54. The first-order valence-electron chi connectivity index (χ1n) is 4.83. The average Bonchev–Trinajstić information content (AvgIpc) is 2.21. The number of rotatable bonds is 4. The lowest BCUT2D eigenvalue weighted by Crippen LogP contribution is -2.16. The predicted octanol–water partition coefficient (Wildman–Crippen LogP) is 2.30. The molecule has 0 radical (unpaired) electrons. The van der Waals surface area contributed by atoms with Gasteiger partial charge in [0.05, 0.1) is 11.4 Å². The highest BCUT2D eigenvalue weighted by atomic mass is 35.5. The van der Waals surface area contributed by atoms with Crippen molar-refractivity contribution in [1.29, 1.82) is 0 Å². The molecule has 0 aliphatic rings. The molecule has 0 heterocycles. The molecule has 1 atom stereocenters. The predicted molar refractivity (Wildman–Crippen MR) is 60.2 cm³/mol. The Hall–Kier alpha value is -1.13. The molecule has 0 spiro atoms. The molecule has 3 nitrogen and oxygen atoms in total. The van der Waals surface area contributed by atoms with Crippen LogP contribution in [0.1, 0.15) is 23.5 Å². The Kier molecular flexibility index (Phi) is 4.26. The van der Waals surface area contributed by atoms with Crippen molar-refractivity contribution in [3.05, 3.63) is 34.1 Å². The Morgan fingerprint density at radius 1 is 1.62 bits per heavy atom. The molecule has 3 N–H and O–H groups in total. The standard InChI is InChI=1S/C11H13ClFNO2/c1-6-2-7(3-9(12)11(6)13)8(5-14)4-10(15)16/h2-3,8H,4-5,14H2,1H3,(H,15,16). The minimum Gasteiger partial charge on any atom is -0.481 e. The summed E-state index contributed by atoms with van der Waals surface area (Å²) in [6.45, 7) is 1.77. The van der Waals surface area contributed by atoms with Crippen molar-refractivity contribution in [1.82, 2.24) is 0 Å². The number of carbonyl (C=O) groups is 1. The van der Waals surface area contributed by atoms with Crippen molar-refractivity contribution in [2.75, 3.05) is 6.54 Å². The molecule has 1 aromatic rings. The van der Waals surface area contributed by atoms with E-state index in [9.17, 15) is 9.18 Å². The van der Waals surface area contributed by atoms with E-state index in [1.54, 1.807) is 13.0 Å². The highest BCUT2D eigenvalue weighted by Gasteiger charge is 2.16. The third kappa shape index (κ3) is 2.93. The maximum Gasteiger partial charge on any atom is 0.304 e. The van der Waals surface area contributed by atoms with E-state index < -0.39 is 11.8 Å². The van der Waals surface area contributed by atoms with Gasteiger partial charge in [0.25, 0.3) is 0 Å². The maximum absolute atomic E-state index is 13.3. The molecular formula is C11H13ClFNO2. The summed E-state index contributed by atoms with van der Waals surface area (Å²) in [5, 5.41) is 8.71. The van der Waals surface area contributed by atoms with Crippen molar-refractivity contribution in [3.8, 4) is 0 Å². The molecule has 0 aliphatic carbocycles. The summed E-state index contributed by atoms with van der Waals surface area (Å²) >= 11 is 5.69. The summed E-state index contributed by atoms with van der Waals surface area (Å²) in [6, 6.07) is 3.02. The Labute approximate surface area is 98.0 Å². The number of benzene rings is 1. The summed E-state index contributed by atoms with van der Waals surface area (Å²) < 4.78 is 13.3. The molecule has 0 bridgehead atoms. The molecule has 0 aromatic heterocycles. The van der Waals surface area contributed by atoms with Gasteiger partial charge >= 0.3 is 5.97 Å². The lowest BCUT2D eigenvalue weighted by atomic mass is 9.94. The first-order valence-corrected chi connectivity index (χ1v) is 5.21. The number of carboxylic acid groups (broad SMARTS) is 1. The van der Waals surface area contributed by atoms with Crippen molar-refractivity contribution in [2.45, 2.75) is 19.3 Å². The minimum absolute atomic E-state index is 0.00108. The second-order valence-corrected chi connectivity index (χ2v) is 4.07. The zero-order valence-corrected chi connectivity index (χ0v) is 9.59. The molecule has 0 saturated heterocycles. The Balaban J connectivity index is 3.06. The molecular weight excluding hydrogens is 233 g/mol. The number of hydrogen-bond donors (Lipinski definition) is 2. The van der Waals surface area contributed by atoms with Crippen LogP contribution in [0.2, 0.25) is 5.02 Å². The van der Waals surface area contributed by atoms with E-state index in [1.165, 1.54) is 6.07 Å². The third-order valence-corrected chi connectivity index (χ3v) is 2.68. The smallest absolute Gasteiger partial charge is 0.304 e. The van der Waals surface area contributed by atoms with E-state index in [2.05, 4.69) is 0 Å². The normalized spacial score (nSPS) is 12.5.